The molecule has 0 saturated heterocycles. The first-order valence-electron chi connectivity index (χ1n) is 5.32. The summed E-state index contributed by atoms with van der Waals surface area (Å²) in [4.78, 5) is 0. The third-order valence-electron chi connectivity index (χ3n) is 2.38. The molecule has 0 bridgehead atoms. The van der Waals surface area contributed by atoms with Gasteiger partial charge >= 0.3 is 0 Å². The van der Waals surface area contributed by atoms with Gasteiger partial charge in [-0.05, 0) is 24.6 Å². The minimum Gasteiger partial charge on any atom is -0.490 e. The minimum absolute atomic E-state index is 0.0924. The lowest BCUT2D eigenvalue weighted by Crippen LogP contribution is -2.19. The van der Waals surface area contributed by atoms with Gasteiger partial charge in [-0.3, -0.25) is 0 Å². The summed E-state index contributed by atoms with van der Waals surface area (Å²) in [5.41, 5.74) is 0. The summed E-state index contributed by atoms with van der Waals surface area (Å²) < 4.78 is 41.3. The second kappa shape index (κ2) is 6.73. The van der Waals surface area contributed by atoms with Crippen LogP contribution in [0, 0.1) is 11.7 Å². The normalized spacial score (nSPS) is 13.3. The number of benzene rings is 1. The standard InChI is InChI=1S/C11H13BrClFO3S/c1-2-8(7-18(13,15)16)6-17-11-5-9(12)3-4-10(11)14/h3-5,8H,2,6-7H2,1H3. The van der Waals surface area contributed by atoms with E-state index >= 15 is 0 Å². The fraction of sp³-hybridized carbons (Fsp3) is 0.455. The van der Waals surface area contributed by atoms with Gasteiger partial charge in [-0.2, -0.15) is 0 Å². The van der Waals surface area contributed by atoms with Crippen molar-refractivity contribution in [3.8, 4) is 5.75 Å². The first-order valence-corrected chi connectivity index (χ1v) is 8.59. The zero-order valence-electron chi connectivity index (χ0n) is 9.70. The van der Waals surface area contributed by atoms with Crippen molar-refractivity contribution in [1.82, 2.24) is 0 Å². The first kappa shape index (κ1) is 15.7. The zero-order valence-corrected chi connectivity index (χ0v) is 12.9. The van der Waals surface area contributed by atoms with Gasteiger partial charge in [0.05, 0.1) is 12.4 Å². The fourth-order valence-electron chi connectivity index (χ4n) is 1.36. The summed E-state index contributed by atoms with van der Waals surface area (Å²) in [5, 5.41) is 0. The molecular formula is C11H13BrClFO3S. The van der Waals surface area contributed by atoms with E-state index in [-0.39, 0.29) is 24.0 Å². The summed E-state index contributed by atoms with van der Waals surface area (Å²) in [7, 11) is 1.61. The molecule has 7 heteroatoms. The molecule has 0 fully saturated rings. The van der Waals surface area contributed by atoms with Crippen molar-refractivity contribution in [3.63, 3.8) is 0 Å². The smallest absolute Gasteiger partial charge is 0.232 e. The largest absolute Gasteiger partial charge is 0.490 e. The van der Waals surface area contributed by atoms with Gasteiger partial charge in [-0.25, -0.2) is 12.8 Å². The van der Waals surface area contributed by atoms with Crippen LogP contribution in [0.25, 0.3) is 0 Å². The molecule has 0 radical (unpaired) electrons. The van der Waals surface area contributed by atoms with Crippen molar-refractivity contribution in [2.24, 2.45) is 5.92 Å². The molecule has 18 heavy (non-hydrogen) atoms. The van der Waals surface area contributed by atoms with E-state index in [1.54, 1.807) is 6.07 Å². The van der Waals surface area contributed by atoms with E-state index in [1.807, 2.05) is 6.92 Å². The molecule has 0 spiro atoms. The van der Waals surface area contributed by atoms with Crippen LogP contribution in [-0.2, 0) is 9.05 Å². The summed E-state index contributed by atoms with van der Waals surface area (Å²) >= 11 is 3.21. The van der Waals surface area contributed by atoms with Crippen LogP contribution in [0.1, 0.15) is 13.3 Å². The van der Waals surface area contributed by atoms with Crippen molar-refractivity contribution in [1.29, 1.82) is 0 Å². The highest BCUT2D eigenvalue weighted by atomic mass is 79.9. The number of rotatable bonds is 6. The second-order valence-corrected chi connectivity index (χ2v) is 7.60. The maximum Gasteiger partial charge on any atom is 0.232 e. The van der Waals surface area contributed by atoms with E-state index in [4.69, 9.17) is 15.4 Å². The molecule has 1 atom stereocenters. The third kappa shape index (κ3) is 5.54. The Morgan fingerprint density at radius 2 is 2.17 bits per heavy atom. The predicted octanol–water partition coefficient (Wildman–Crippen LogP) is 3.56. The molecule has 0 aromatic heterocycles. The van der Waals surface area contributed by atoms with Gasteiger partial charge in [0, 0.05) is 21.1 Å². The Labute approximate surface area is 119 Å². The van der Waals surface area contributed by atoms with Gasteiger partial charge in [-0.1, -0.05) is 22.9 Å². The molecule has 0 amide bonds. The summed E-state index contributed by atoms with van der Waals surface area (Å²) in [6, 6.07) is 4.33. The number of hydrogen-bond acceptors (Lipinski definition) is 3. The van der Waals surface area contributed by atoms with E-state index in [9.17, 15) is 12.8 Å². The lowest BCUT2D eigenvalue weighted by molar-refractivity contribution is 0.247. The maximum absolute atomic E-state index is 13.4. The minimum atomic E-state index is -3.57. The Balaban J connectivity index is 2.65. The molecule has 1 aromatic rings. The molecule has 102 valence electrons. The van der Waals surface area contributed by atoms with Crippen LogP contribution in [-0.4, -0.2) is 20.8 Å². The molecule has 1 rings (SSSR count). The second-order valence-electron chi connectivity index (χ2n) is 3.87. The summed E-state index contributed by atoms with van der Waals surface area (Å²) in [6.45, 7) is 1.93. The van der Waals surface area contributed by atoms with Crippen molar-refractivity contribution in [2.45, 2.75) is 13.3 Å². The summed E-state index contributed by atoms with van der Waals surface area (Å²) in [6.07, 6.45) is 0.585. The highest BCUT2D eigenvalue weighted by Crippen LogP contribution is 2.23. The maximum atomic E-state index is 13.4. The van der Waals surface area contributed by atoms with Gasteiger partial charge in [0.2, 0.25) is 9.05 Å². The average Bonchev–Trinajstić information content (AvgIpc) is 2.27. The molecular weight excluding hydrogens is 347 g/mol. The average molecular weight is 360 g/mol. The highest BCUT2D eigenvalue weighted by Gasteiger charge is 2.17. The quantitative estimate of drug-likeness (QED) is 0.729. The number of ether oxygens (including phenoxy) is 1. The Morgan fingerprint density at radius 1 is 1.50 bits per heavy atom. The van der Waals surface area contributed by atoms with Crippen LogP contribution in [0.15, 0.2) is 22.7 Å². The van der Waals surface area contributed by atoms with Crippen LogP contribution in [0.4, 0.5) is 4.39 Å². The van der Waals surface area contributed by atoms with Gasteiger partial charge in [0.15, 0.2) is 11.6 Å². The highest BCUT2D eigenvalue weighted by molar-refractivity contribution is 9.10. The Hall–Kier alpha value is -0.330. The van der Waals surface area contributed by atoms with E-state index in [0.717, 1.165) is 0 Å². The van der Waals surface area contributed by atoms with Crippen LogP contribution >= 0.6 is 26.6 Å². The Morgan fingerprint density at radius 3 is 2.72 bits per heavy atom. The molecule has 1 aromatic carbocycles. The SMILES string of the molecule is CCC(COc1cc(Br)ccc1F)CS(=O)(=O)Cl. The lowest BCUT2D eigenvalue weighted by atomic mass is 10.1. The van der Waals surface area contributed by atoms with E-state index in [0.29, 0.717) is 10.9 Å². The summed E-state index contributed by atoms with van der Waals surface area (Å²) in [5.74, 6) is -0.830. The van der Waals surface area contributed by atoms with E-state index < -0.39 is 14.9 Å². The Kier molecular flexibility index (Phi) is 5.88. The number of hydrogen-bond donors (Lipinski definition) is 0. The monoisotopic (exact) mass is 358 g/mol. The molecule has 0 saturated carbocycles. The van der Waals surface area contributed by atoms with Gasteiger partial charge in [-0.15, -0.1) is 0 Å². The van der Waals surface area contributed by atoms with Crippen LogP contribution in [0.5, 0.6) is 5.75 Å². The first-order chi connectivity index (χ1) is 8.31. The van der Waals surface area contributed by atoms with Gasteiger partial charge in [0.25, 0.3) is 0 Å². The predicted molar refractivity (Wildman–Crippen MR) is 73.0 cm³/mol. The van der Waals surface area contributed by atoms with Crippen molar-refractivity contribution in [2.75, 3.05) is 12.4 Å². The molecule has 1 unspecified atom stereocenters. The topological polar surface area (TPSA) is 43.4 Å². The molecule has 0 aliphatic carbocycles. The van der Waals surface area contributed by atoms with Gasteiger partial charge in [0.1, 0.15) is 0 Å². The zero-order chi connectivity index (χ0) is 13.8. The number of halogens is 3. The fourth-order valence-corrected chi connectivity index (χ4v) is 3.13. The molecule has 0 heterocycles. The van der Waals surface area contributed by atoms with E-state index in [2.05, 4.69) is 15.9 Å². The molecule has 0 aliphatic heterocycles. The molecule has 0 N–H and O–H groups in total. The third-order valence-corrected chi connectivity index (χ3v) is 4.12. The van der Waals surface area contributed by atoms with Crippen molar-refractivity contribution in [3.05, 3.63) is 28.5 Å². The van der Waals surface area contributed by atoms with Crippen LogP contribution in [0.2, 0.25) is 0 Å². The van der Waals surface area contributed by atoms with Crippen molar-refractivity contribution >= 4 is 35.7 Å². The van der Waals surface area contributed by atoms with Crippen molar-refractivity contribution < 1.29 is 17.5 Å². The Bertz CT molecular complexity index is 507. The molecule has 0 aliphatic rings. The van der Waals surface area contributed by atoms with Crippen LogP contribution < -0.4 is 4.74 Å². The lowest BCUT2D eigenvalue weighted by Gasteiger charge is -2.14. The molecule has 3 nitrogen and oxygen atoms in total. The van der Waals surface area contributed by atoms with E-state index in [1.165, 1.54) is 12.1 Å². The van der Waals surface area contributed by atoms with Gasteiger partial charge < -0.3 is 4.74 Å². The van der Waals surface area contributed by atoms with Crippen LogP contribution in [0.3, 0.4) is 0 Å².